The second kappa shape index (κ2) is 2.72. The molecule has 0 aromatic carbocycles. The summed E-state index contributed by atoms with van der Waals surface area (Å²) in [6.45, 7) is 2.65. The molecular formula is C9H14N2O2. The molecule has 72 valence electrons. The molecule has 0 bridgehead atoms. The maximum absolute atomic E-state index is 11.1. The third kappa shape index (κ3) is 1.20. The van der Waals surface area contributed by atoms with Crippen molar-refractivity contribution in [3.63, 3.8) is 0 Å². The molecule has 2 N–H and O–H groups in total. The van der Waals surface area contributed by atoms with Crippen molar-refractivity contribution in [2.75, 3.05) is 6.54 Å². The van der Waals surface area contributed by atoms with Gasteiger partial charge < -0.3 is 10.6 Å². The van der Waals surface area contributed by atoms with Crippen molar-refractivity contribution < 1.29 is 9.59 Å². The van der Waals surface area contributed by atoms with E-state index >= 15 is 0 Å². The fourth-order valence-corrected chi connectivity index (χ4v) is 2.66. The van der Waals surface area contributed by atoms with Gasteiger partial charge in [0.25, 0.3) is 0 Å². The van der Waals surface area contributed by atoms with E-state index in [0.717, 1.165) is 0 Å². The van der Waals surface area contributed by atoms with Crippen LogP contribution in [0.2, 0.25) is 0 Å². The number of amides is 2. The maximum Gasteiger partial charge on any atom is 0.315 e. The Morgan fingerprint density at radius 1 is 1.54 bits per heavy atom. The second-order valence-corrected chi connectivity index (χ2v) is 4.10. The lowest BCUT2D eigenvalue weighted by Gasteiger charge is -2.21. The molecule has 4 heteroatoms. The summed E-state index contributed by atoms with van der Waals surface area (Å²) in [7, 11) is 0. The van der Waals surface area contributed by atoms with Gasteiger partial charge in [0.15, 0.2) is 0 Å². The third-order valence-electron chi connectivity index (χ3n) is 3.38. The molecule has 13 heavy (non-hydrogen) atoms. The second-order valence-electron chi connectivity index (χ2n) is 4.10. The number of ketones is 1. The highest BCUT2D eigenvalue weighted by molar-refractivity contribution is 5.82. The Labute approximate surface area is 77.1 Å². The normalized spacial score (nSPS) is 38.1. The average Bonchev–Trinajstić information content (AvgIpc) is 2.51. The van der Waals surface area contributed by atoms with Crippen LogP contribution in [0, 0.1) is 11.8 Å². The Balaban J connectivity index is 2.13. The van der Waals surface area contributed by atoms with E-state index in [1.165, 1.54) is 0 Å². The Kier molecular flexibility index (Phi) is 1.78. The van der Waals surface area contributed by atoms with Crippen LogP contribution in [0.15, 0.2) is 0 Å². The van der Waals surface area contributed by atoms with Gasteiger partial charge in [-0.1, -0.05) is 0 Å². The van der Waals surface area contributed by atoms with E-state index < -0.39 is 0 Å². The molecule has 1 aliphatic heterocycles. The standard InChI is InChI=1S/C9H14N2O2/c1-5-8-3-7(12)2-6(8)4-11(5)9(10)13/h5-6,8H,2-4H2,1H3,(H2,10,13). The van der Waals surface area contributed by atoms with Gasteiger partial charge in [0, 0.05) is 25.4 Å². The third-order valence-corrected chi connectivity index (χ3v) is 3.38. The quantitative estimate of drug-likeness (QED) is 0.588. The molecule has 2 aliphatic rings. The summed E-state index contributed by atoms with van der Waals surface area (Å²) in [6.07, 6.45) is 1.27. The molecule has 2 fully saturated rings. The summed E-state index contributed by atoms with van der Waals surface area (Å²) >= 11 is 0. The van der Waals surface area contributed by atoms with E-state index in [9.17, 15) is 9.59 Å². The maximum atomic E-state index is 11.1. The van der Waals surface area contributed by atoms with Crippen LogP contribution in [0.1, 0.15) is 19.8 Å². The molecular weight excluding hydrogens is 168 g/mol. The number of likely N-dealkylation sites (tertiary alicyclic amines) is 1. The molecule has 3 atom stereocenters. The summed E-state index contributed by atoms with van der Waals surface area (Å²) in [4.78, 5) is 23.8. The van der Waals surface area contributed by atoms with Crippen molar-refractivity contribution >= 4 is 11.8 Å². The van der Waals surface area contributed by atoms with Crippen molar-refractivity contribution in [3.05, 3.63) is 0 Å². The monoisotopic (exact) mass is 182 g/mol. The minimum Gasteiger partial charge on any atom is -0.351 e. The van der Waals surface area contributed by atoms with Crippen molar-refractivity contribution in [1.82, 2.24) is 4.90 Å². The summed E-state index contributed by atoms with van der Waals surface area (Å²) < 4.78 is 0. The number of urea groups is 1. The largest absolute Gasteiger partial charge is 0.351 e. The van der Waals surface area contributed by atoms with E-state index in [1.807, 2.05) is 6.92 Å². The molecule has 0 radical (unpaired) electrons. The first kappa shape index (κ1) is 8.53. The van der Waals surface area contributed by atoms with Gasteiger partial charge >= 0.3 is 6.03 Å². The van der Waals surface area contributed by atoms with Gasteiger partial charge in [0.05, 0.1) is 0 Å². The van der Waals surface area contributed by atoms with E-state index in [2.05, 4.69) is 0 Å². The van der Waals surface area contributed by atoms with Gasteiger partial charge in [0.2, 0.25) is 0 Å². The van der Waals surface area contributed by atoms with Gasteiger partial charge in [-0.25, -0.2) is 4.79 Å². The lowest BCUT2D eigenvalue weighted by molar-refractivity contribution is -0.118. The predicted octanol–water partition coefficient (Wildman–Crippen LogP) is 0.364. The highest BCUT2D eigenvalue weighted by atomic mass is 16.2. The highest BCUT2D eigenvalue weighted by Crippen LogP contribution is 2.39. The number of Topliss-reactive ketones (excluding diaryl/α,β-unsaturated/α-hetero) is 1. The average molecular weight is 182 g/mol. The Bertz CT molecular complexity index is 264. The number of carbonyl (C=O) groups is 2. The van der Waals surface area contributed by atoms with Crippen LogP contribution in [0.5, 0.6) is 0 Å². The topological polar surface area (TPSA) is 63.4 Å². The Morgan fingerprint density at radius 2 is 2.23 bits per heavy atom. The van der Waals surface area contributed by atoms with Crippen LogP contribution in [-0.2, 0) is 4.79 Å². The molecule has 2 rings (SSSR count). The zero-order valence-electron chi connectivity index (χ0n) is 7.69. The summed E-state index contributed by atoms with van der Waals surface area (Å²) in [6, 6.07) is -0.205. The first-order valence-corrected chi connectivity index (χ1v) is 4.67. The van der Waals surface area contributed by atoms with Crippen molar-refractivity contribution in [3.8, 4) is 0 Å². The lowest BCUT2D eigenvalue weighted by atomic mass is 9.95. The van der Waals surface area contributed by atoms with E-state index in [-0.39, 0.29) is 12.1 Å². The van der Waals surface area contributed by atoms with Crippen LogP contribution in [0.4, 0.5) is 4.79 Å². The van der Waals surface area contributed by atoms with Crippen LogP contribution < -0.4 is 5.73 Å². The molecule has 4 nitrogen and oxygen atoms in total. The van der Waals surface area contributed by atoms with Gasteiger partial charge in [-0.05, 0) is 18.8 Å². The Hall–Kier alpha value is -1.06. The fourth-order valence-electron chi connectivity index (χ4n) is 2.66. The van der Waals surface area contributed by atoms with Gasteiger partial charge in [-0.15, -0.1) is 0 Å². The number of fused-ring (bicyclic) bond motifs is 1. The van der Waals surface area contributed by atoms with Gasteiger partial charge in [0.1, 0.15) is 5.78 Å². The number of hydrogen-bond donors (Lipinski definition) is 1. The summed E-state index contributed by atoms with van der Waals surface area (Å²) in [5.74, 6) is 1.07. The zero-order chi connectivity index (χ0) is 9.59. The summed E-state index contributed by atoms with van der Waals surface area (Å²) in [5.41, 5.74) is 5.23. The zero-order valence-corrected chi connectivity index (χ0v) is 7.69. The minimum absolute atomic E-state index is 0.147. The van der Waals surface area contributed by atoms with Crippen LogP contribution in [-0.4, -0.2) is 29.3 Å². The Morgan fingerprint density at radius 3 is 2.77 bits per heavy atom. The number of primary amides is 1. The molecule has 1 saturated carbocycles. The minimum atomic E-state index is -0.352. The predicted molar refractivity (Wildman–Crippen MR) is 47.0 cm³/mol. The fraction of sp³-hybridized carbons (Fsp3) is 0.778. The molecule has 2 amide bonds. The SMILES string of the molecule is CC1C2CC(=O)CC2CN1C(N)=O. The van der Waals surface area contributed by atoms with E-state index in [1.54, 1.807) is 4.90 Å². The first-order chi connectivity index (χ1) is 6.09. The number of carbonyl (C=O) groups excluding carboxylic acids is 2. The van der Waals surface area contributed by atoms with E-state index in [0.29, 0.717) is 37.0 Å². The molecule has 3 unspecified atom stereocenters. The highest BCUT2D eigenvalue weighted by Gasteiger charge is 2.46. The van der Waals surface area contributed by atoms with E-state index in [4.69, 9.17) is 5.73 Å². The van der Waals surface area contributed by atoms with Crippen molar-refractivity contribution in [2.45, 2.75) is 25.8 Å². The number of nitrogens with two attached hydrogens (primary N) is 1. The first-order valence-electron chi connectivity index (χ1n) is 4.67. The lowest BCUT2D eigenvalue weighted by Crippen LogP contribution is -2.40. The van der Waals surface area contributed by atoms with Crippen molar-refractivity contribution in [2.24, 2.45) is 17.6 Å². The van der Waals surface area contributed by atoms with Crippen LogP contribution in [0.3, 0.4) is 0 Å². The molecule has 0 aromatic heterocycles. The number of hydrogen-bond acceptors (Lipinski definition) is 2. The smallest absolute Gasteiger partial charge is 0.315 e. The molecule has 0 spiro atoms. The van der Waals surface area contributed by atoms with Gasteiger partial charge in [-0.3, -0.25) is 4.79 Å². The van der Waals surface area contributed by atoms with Crippen LogP contribution >= 0.6 is 0 Å². The molecule has 1 saturated heterocycles. The molecule has 1 heterocycles. The summed E-state index contributed by atoms with van der Waals surface area (Å²) in [5, 5.41) is 0. The number of rotatable bonds is 0. The van der Waals surface area contributed by atoms with Crippen molar-refractivity contribution in [1.29, 1.82) is 0 Å². The number of nitrogens with zero attached hydrogens (tertiary/aromatic N) is 1. The molecule has 1 aliphatic carbocycles. The molecule has 0 aromatic rings. The van der Waals surface area contributed by atoms with Gasteiger partial charge in [-0.2, -0.15) is 0 Å². The van der Waals surface area contributed by atoms with Crippen LogP contribution in [0.25, 0.3) is 0 Å².